The summed E-state index contributed by atoms with van der Waals surface area (Å²) in [5.41, 5.74) is 1.38. The van der Waals surface area contributed by atoms with Crippen molar-refractivity contribution in [2.45, 2.75) is 44.7 Å². The Morgan fingerprint density at radius 3 is 2.65 bits per heavy atom. The maximum Gasteiger partial charge on any atom is 0.270 e. The van der Waals surface area contributed by atoms with E-state index >= 15 is 0 Å². The summed E-state index contributed by atoms with van der Waals surface area (Å²) in [6.45, 7) is 0.455. The van der Waals surface area contributed by atoms with E-state index in [1.807, 2.05) is 12.1 Å². The third-order valence-electron chi connectivity index (χ3n) is 4.03. The van der Waals surface area contributed by atoms with Gasteiger partial charge in [0.1, 0.15) is 5.69 Å². The smallest absolute Gasteiger partial charge is 0.270 e. The predicted octanol–water partition coefficient (Wildman–Crippen LogP) is 2.55. The first-order valence-corrected chi connectivity index (χ1v) is 8.08. The average Bonchev–Trinajstić information content (AvgIpc) is 2.62. The number of carbonyl (C=O) groups excluding carboxylic acids is 1. The van der Waals surface area contributed by atoms with Gasteiger partial charge >= 0.3 is 0 Å². The Morgan fingerprint density at radius 2 is 1.87 bits per heavy atom. The van der Waals surface area contributed by atoms with Crippen LogP contribution in [-0.2, 0) is 6.54 Å². The Morgan fingerprint density at radius 1 is 1.09 bits per heavy atom. The zero-order valence-electron chi connectivity index (χ0n) is 13.0. The molecule has 1 fully saturated rings. The number of nitrogens with one attached hydrogen (secondary N) is 2. The van der Waals surface area contributed by atoms with Crippen LogP contribution in [0.3, 0.4) is 0 Å². The number of amides is 1. The molecule has 6 heteroatoms. The summed E-state index contributed by atoms with van der Waals surface area (Å²) in [5.74, 6) is 0.337. The van der Waals surface area contributed by atoms with Crippen LogP contribution in [0.4, 0.5) is 5.95 Å². The van der Waals surface area contributed by atoms with Crippen LogP contribution in [0.5, 0.6) is 0 Å². The van der Waals surface area contributed by atoms with Crippen LogP contribution >= 0.6 is 0 Å². The van der Waals surface area contributed by atoms with E-state index in [0.717, 1.165) is 18.4 Å². The zero-order chi connectivity index (χ0) is 15.9. The molecule has 2 aromatic heterocycles. The van der Waals surface area contributed by atoms with Gasteiger partial charge in [-0.15, -0.1) is 0 Å². The Balaban J connectivity index is 1.58. The van der Waals surface area contributed by atoms with Crippen LogP contribution < -0.4 is 10.6 Å². The van der Waals surface area contributed by atoms with E-state index in [-0.39, 0.29) is 5.91 Å². The van der Waals surface area contributed by atoms with Crippen LogP contribution in [0.15, 0.2) is 36.8 Å². The molecule has 2 N–H and O–H groups in total. The van der Waals surface area contributed by atoms with Crippen molar-refractivity contribution in [1.29, 1.82) is 0 Å². The summed E-state index contributed by atoms with van der Waals surface area (Å²) in [4.78, 5) is 24.7. The number of aromatic nitrogens is 3. The van der Waals surface area contributed by atoms with Gasteiger partial charge in [0.2, 0.25) is 5.95 Å². The molecule has 0 unspecified atom stereocenters. The fraction of sp³-hybridized carbons (Fsp3) is 0.412. The number of carbonyl (C=O) groups is 1. The largest absolute Gasteiger partial charge is 0.351 e. The highest BCUT2D eigenvalue weighted by Crippen LogP contribution is 2.20. The lowest BCUT2D eigenvalue weighted by molar-refractivity contribution is 0.0946. The molecule has 2 heterocycles. The van der Waals surface area contributed by atoms with Crippen LogP contribution in [0.25, 0.3) is 0 Å². The van der Waals surface area contributed by atoms with Crippen molar-refractivity contribution >= 4 is 11.9 Å². The SMILES string of the molecule is O=C(NCc1ccncc1)c1ccnc(NC2CCCCC2)n1. The van der Waals surface area contributed by atoms with Gasteiger partial charge < -0.3 is 10.6 Å². The molecule has 0 aromatic carbocycles. The molecule has 0 atom stereocenters. The Kier molecular flexibility index (Phi) is 5.13. The molecule has 3 rings (SSSR count). The second-order valence-corrected chi connectivity index (χ2v) is 5.78. The first kappa shape index (κ1) is 15.4. The van der Waals surface area contributed by atoms with Crippen molar-refractivity contribution in [3.8, 4) is 0 Å². The second kappa shape index (κ2) is 7.67. The molecule has 2 aromatic rings. The summed E-state index contributed by atoms with van der Waals surface area (Å²) < 4.78 is 0. The van der Waals surface area contributed by atoms with Gasteiger partial charge in [-0.3, -0.25) is 9.78 Å². The predicted molar refractivity (Wildman–Crippen MR) is 87.9 cm³/mol. The molecular formula is C17H21N5O. The van der Waals surface area contributed by atoms with Crippen LogP contribution in [0, 0.1) is 0 Å². The van der Waals surface area contributed by atoms with Crippen molar-refractivity contribution in [2.24, 2.45) is 0 Å². The van der Waals surface area contributed by atoms with Gasteiger partial charge in [-0.1, -0.05) is 19.3 Å². The van der Waals surface area contributed by atoms with Gasteiger partial charge in [0.05, 0.1) is 0 Å². The molecule has 6 nitrogen and oxygen atoms in total. The molecule has 1 aliphatic carbocycles. The fourth-order valence-corrected chi connectivity index (χ4v) is 2.76. The minimum Gasteiger partial charge on any atom is -0.351 e. The van der Waals surface area contributed by atoms with Crippen LogP contribution in [-0.4, -0.2) is 26.9 Å². The Hall–Kier alpha value is -2.50. The van der Waals surface area contributed by atoms with Gasteiger partial charge in [-0.05, 0) is 36.6 Å². The summed E-state index contributed by atoms with van der Waals surface area (Å²) in [5, 5.41) is 6.20. The monoisotopic (exact) mass is 311 g/mol. The topological polar surface area (TPSA) is 79.8 Å². The third-order valence-corrected chi connectivity index (χ3v) is 4.03. The van der Waals surface area contributed by atoms with Gasteiger partial charge in [-0.25, -0.2) is 9.97 Å². The van der Waals surface area contributed by atoms with Crippen molar-refractivity contribution in [3.63, 3.8) is 0 Å². The van der Waals surface area contributed by atoms with E-state index in [0.29, 0.717) is 24.2 Å². The molecule has 0 bridgehead atoms. The lowest BCUT2D eigenvalue weighted by Gasteiger charge is -2.22. The molecule has 1 amide bonds. The first-order valence-electron chi connectivity index (χ1n) is 8.08. The van der Waals surface area contributed by atoms with Gasteiger partial charge in [0.25, 0.3) is 5.91 Å². The number of rotatable bonds is 5. The summed E-state index contributed by atoms with van der Waals surface area (Å²) in [7, 11) is 0. The highest BCUT2D eigenvalue weighted by Gasteiger charge is 2.15. The van der Waals surface area contributed by atoms with Gasteiger partial charge in [-0.2, -0.15) is 0 Å². The van der Waals surface area contributed by atoms with Gasteiger partial charge in [0, 0.05) is 31.2 Å². The number of hydrogen-bond donors (Lipinski definition) is 2. The molecule has 1 aliphatic rings. The fourth-order valence-electron chi connectivity index (χ4n) is 2.76. The maximum atomic E-state index is 12.2. The highest BCUT2D eigenvalue weighted by molar-refractivity contribution is 5.92. The lowest BCUT2D eigenvalue weighted by atomic mass is 9.96. The zero-order valence-corrected chi connectivity index (χ0v) is 13.0. The summed E-state index contributed by atoms with van der Waals surface area (Å²) in [6.07, 6.45) is 11.1. The van der Waals surface area contributed by atoms with Crippen molar-refractivity contribution < 1.29 is 4.79 Å². The Labute approximate surface area is 135 Å². The number of hydrogen-bond acceptors (Lipinski definition) is 5. The number of nitrogens with zero attached hydrogens (tertiary/aromatic N) is 3. The molecule has 120 valence electrons. The number of anilines is 1. The molecule has 0 saturated heterocycles. The normalized spacial score (nSPS) is 15.1. The summed E-state index contributed by atoms with van der Waals surface area (Å²) >= 11 is 0. The summed E-state index contributed by atoms with van der Waals surface area (Å²) in [6, 6.07) is 5.79. The van der Waals surface area contributed by atoms with E-state index in [1.54, 1.807) is 24.7 Å². The van der Waals surface area contributed by atoms with Crippen molar-refractivity contribution in [2.75, 3.05) is 5.32 Å². The molecular weight excluding hydrogens is 290 g/mol. The minimum absolute atomic E-state index is 0.198. The molecule has 0 aliphatic heterocycles. The second-order valence-electron chi connectivity index (χ2n) is 5.78. The first-order chi connectivity index (χ1) is 11.3. The average molecular weight is 311 g/mol. The minimum atomic E-state index is -0.198. The van der Waals surface area contributed by atoms with E-state index in [2.05, 4.69) is 25.6 Å². The van der Waals surface area contributed by atoms with E-state index in [9.17, 15) is 4.79 Å². The molecule has 23 heavy (non-hydrogen) atoms. The maximum absolute atomic E-state index is 12.2. The van der Waals surface area contributed by atoms with Crippen molar-refractivity contribution in [1.82, 2.24) is 20.3 Å². The van der Waals surface area contributed by atoms with Gasteiger partial charge in [0.15, 0.2) is 0 Å². The Bertz CT molecular complexity index is 640. The third kappa shape index (κ3) is 4.48. The molecule has 0 radical (unpaired) electrons. The van der Waals surface area contributed by atoms with E-state index in [4.69, 9.17) is 0 Å². The lowest BCUT2D eigenvalue weighted by Crippen LogP contribution is -2.26. The molecule has 1 saturated carbocycles. The van der Waals surface area contributed by atoms with Crippen LogP contribution in [0.1, 0.15) is 48.2 Å². The van der Waals surface area contributed by atoms with Crippen molar-refractivity contribution in [3.05, 3.63) is 48.0 Å². The van der Waals surface area contributed by atoms with E-state index < -0.39 is 0 Å². The standard InChI is InChI=1S/C17H21N5O/c23-16(20-12-13-6-9-18-10-7-13)15-8-11-19-17(22-15)21-14-4-2-1-3-5-14/h6-11,14H,1-5,12H2,(H,20,23)(H,19,21,22). The van der Waals surface area contributed by atoms with E-state index in [1.165, 1.54) is 19.3 Å². The quantitative estimate of drug-likeness (QED) is 0.887. The highest BCUT2D eigenvalue weighted by atomic mass is 16.1. The molecule has 0 spiro atoms. The number of pyridine rings is 1. The van der Waals surface area contributed by atoms with Crippen LogP contribution in [0.2, 0.25) is 0 Å².